The van der Waals surface area contributed by atoms with Gasteiger partial charge in [-0.3, -0.25) is 4.90 Å². The Morgan fingerprint density at radius 1 is 1.23 bits per heavy atom. The number of carbonyl (C=O) groups excluding carboxylic acids is 1. The summed E-state index contributed by atoms with van der Waals surface area (Å²) in [6.07, 6.45) is 6.87. The Hall–Kier alpha value is -2.47. The summed E-state index contributed by atoms with van der Waals surface area (Å²) < 4.78 is 4.93. The van der Waals surface area contributed by atoms with E-state index in [-0.39, 0.29) is 0 Å². The number of benzene rings is 1. The summed E-state index contributed by atoms with van der Waals surface area (Å²) >= 11 is 0. The molecule has 1 aromatic heterocycles. The normalized spacial score (nSPS) is 17.7. The van der Waals surface area contributed by atoms with E-state index in [4.69, 9.17) is 4.74 Å². The summed E-state index contributed by atoms with van der Waals surface area (Å²) in [5.74, 6) is 0.0470. The molecule has 6 heteroatoms. The van der Waals surface area contributed by atoms with Crippen LogP contribution in [0.15, 0.2) is 36.7 Å². The van der Waals surface area contributed by atoms with Gasteiger partial charge in [-0.25, -0.2) is 14.8 Å². The first-order chi connectivity index (χ1) is 12.7. The van der Waals surface area contributed by atoms with Crippen LogP contribution in [-0.2, 0) is 11.3 Å². The minimum absolute atomic E-state index is 0.335. The molecule has 1 N–H and O–H groups in total. The number of nitrogens with zero attached hydrogens (tertiary/aromatic N) is 3. The van der Waals surface area contributed by atoms with Crippen molar-refractivity contribution in [2.45, 2.75) is 45.7 Å². The smallest absolute Gasteiger partial charge is 0.341 e. The highest BCUT2D eigenvalue weighted by molar-refractivity contribution is 5.88. The molecular weight excluding hydrogens is 328 g/mol. The third-order valence-electron chi connectivity index (χ3n) is 4.70. The van der Waals surface area contributed by atoms with Crippen LogP contribution in [0.25, 0.3) is 0 Å². The molecule has 0 aliphatic carbocycles. The second kappa shape index (κ2) is 8.76. The SMILES string of the molecule is CCOC(=O)c1cnc(Nc2ccc(CN3CCCCC3C)cc2)nc1. The molecule has 1 aromatic carbocycles. The molecule has 1 unspecified atom stereocenters. The van der Waals surface area contributed by atoms with E-state index in [0.29, 0.717) is 24.2 Å². The number of nitrogens with one attached hydrogen (secondary N) is 1. The van der Waals surface area contributed by atoms with Crippen LogP contribution in [0.3, 0.4) is 0 Å². The molecule has 0 saturated carbocycles. The van der Waals surface area contributed by atoms with E-state index in [9.17, 15) is 4.79 Å². The van der Waals surface area contributed by atoms with Gasteiger partial charge in [0, 0.05) is 30.7 Å². The van der Waals surface area contributed by atoms with Gasteiger partial charge in [-0.15, -0.1) is 0 Å². The van der Waals surface area contributed by atoms with Crippen molar-refractivity contribution in [1.82, 2.24) is 14.9 Å². The lowest BCUT2D eigenvalue weighted by atomic mass is 10.0. The second-order valence-corrected chi connectivity index (χ2v) is 6.65. The van der Waals surface area contributed by atoms with Crippen molar-refractivity contribution >= 4 is 17.6 Å². The molecule has 1 aliphatic heterocycles. The van der Waals surface area contributed by atoms with E-state index in [1.54, 1.807) is 6.92 Å². The fourth-order valence-electron chi connectivity index (χ4n) is 3.16. The molecule has 0 bridgehead atoms. The average molecular weight is 354 g/mol. The number of ether oxygens (including phenoxy) is 1. The number of likely N-dealkylation sites (tertiary alicyclic amines) is 1. The molecule has 6 nitrogen and oxygen atoms in total. The number of aromatic nitrogens is 2. The molecule has 1 fully saturated rings. The standard InChI is InChI=1S/C20H26N4O2/c1-3-26-19(25)17-12-21-20(22-13-17)23-18-9-7-16(8-10-18)14-24-11-5-4-6-15(24)2/h7-10,12-13,15H,3-6,11,14H2,1-2H3,(H,21,22,23). The average Bonchev–Trinajstić information content (AvgIpc) is 2.66. The van der Waals surface area contributed by atoms with Crippen molar-refractivity contribution in [1.29, 1.82) is 0 Å². The largest absolute Gasteiger partial charge is 0.462 e. The van der Waals surface area contributed by atoms with Gasteiger partial charge in [0.1, 0.15) is 0 Å². The van der Waals surface area contributed by atoms with Gasteiger partial charge in [0.15, 0.2) is 0 Å². The van der Waals surface area contributed by atoms with Crippen molar-refractivity contribution in [3.05, 3.63) is 47.8 Å². The molecule has 26 heavy (non-hydrogen) atoms. The minimum atomic E-state index is -0.407. The molecule has 1 atom stereocenters. The molecule has 2 aromatic rings. The Morgan fingerprint density at radius 3 is 2.62 bits per heavy atom. The first kappa shape index (κ1) is 18.3. The van der Waals surface area contributed by atoms with E-state index in [2.05, 4.69) is 39.2 Å². The molecule has 0 radical (unpaired) electrons. The summed E-state index contributed by atoms with van der Waals surface area (Å²) in [4.78, 5) is 22.5. The van der Waals surface area contributed by atoms with E-state index in [1.165, 1.54) is 43.8 Å². The van der Waals surface area contributed by atoms with E-state index < -0.39 is 5.97 Å². The summed E-state index contributed by atoms with van der Waals surface area (Å²) in [6.45, 7) is 6.59. The molecule has 0 amide bonds. The zero-order chi connectivity index (χ0) is 18.4. The predicted molar refractivity (Wildman–Crippen MR) is 101 cm³/mol. The first-order valence-corrected chi connectivity index (χ1v) is 9.25. The predicted octanol–water partition coefficient (Wildman–Crippen LogP) is 3.77. The second-order valence-electron chi connectivity index (χ2n) is 6.65. The quantitative estimate of drug-likeness (QED) is 0.797. The lowest BCUT2D eigenvalue weighted by Gasteiger charge is -2.33. The Morgan fingerprint density at radius 2 is 1.96 bits per heavy atom. The van der Waals surface area contributed by atoms with Crippen molar-refractivity contribution < 1.29 is 9.53 Å². The van der Waals surface area contributed by atoms with Crippen LogP contribution in [0.2, 0.25) is 0 Å². The zero-order valence-electron chi connectivity index (χ0n) is 15.4. The molecule has 1 saturated heterocycles. The number of piperidine rings is 1. The van der Waals surface area contributed by atoms with Crippen LogP contribution in [0, 0.1) is 0 Å². The maximum absolute atomic E-state index is 11.6. The monoisotopic (exact) mass is 354 g/mol. The van der Waals surface area contributed by atoms with Crippen LogP contribution < -0.4 is 5.32 Å². The van der Waals surface area contributed by atoms with Crippen molar-refractivity contribution in [3.8, 4) is 0 Å². The highest BCUT2D eigenvalue weighted by atomic mass is 16.5. The highest BCUT2D eigenvalue weighted by Gasteiger charge is 2.18. The van der Waals surface area contributed by atoms with Gasteiger partial charge in [0.2, 0.25) is 5.95 Å². The molecule has 138 valence electrons. The van der Waals surface area contributed by atoms with E-state index >= 15 is 0 Å². The molecule has 2 heterocycles. The molecule has 0 spiro atoms. The number of carbonyl (C=O) groups is 1. The topological polar surface area (TPSA) is 67.3 Å². The maximum atomic E-state index is 11.6. The Labute approximate surface area is 154 Å². The third-order valence-corrected chi connectivity index (χ3v) is 4.70. The Bertz CT molecular complexity index is 716. The molecule has 3 rings (SSSR count). The zero-order valence-corrected chi connectivity index (χ0v) is 15.4. The lowest BCUT2D eigenvalue weighted by Crippen LogP contribution is -2.36. The number of esters is 1. The van der Waals surface area contributed by atoms with Crippen LogP contribution in [0.1, 0.15) is 49.0 Å². The summed E-state index contributed by atoms with van der Waals surface area (Å²) in [5.41, 5.74) is 2.58. The third kappa shape index (κ3) is 4.79. The first-order valence-electron chi connectivity index (χ1n) is 9.25. The number of rotatable bonds is 6. The summed E-state index contributed by atoms with van der Waals surface area (Å²) in [5, 5.41) is 3.15. The Balaban J connectivity index is 1.58. The van der Waals surface area contributed by atoms with Gasteiger partial charge in [-0.2, -0.15) is 0 Å². The van der Waals surface area contributed by atoms with E-state index in [1.807, 2.05) is 12.1 Å². The van der Waals surface area contributed by atoms with Gasteiger partial charge in [-0.1, -0.05) is 18.6 Å². The minimum Gasteiger partial charge on any atom is -0.462 e. The van der Waals surface area contributed by atoms with Crippen LogP contribution in [-0.4, -0.2) is 40.0 Å². The molecular formula is C20H26N4O2. The lowest BCUT2D eigenvalue weighted by molar-refractivity contribution is 0.0525. The van der Waals surface area contributed by atoms with Gasteiger partial charge < -0.3 is 10.1 Å². The van der Waals surface area contributed by atoms with Gasteiger partial charge in [-0.05, 0) is 50.9 Å². The van der Waals surface area contributed by atoms with Crippen LogP contribution >= 0.6 is 0 Å². The summed E-state index contributed by atoms with van der Waals surface area (Å²) in [7, 11) is 0. The summed E-state index contributed by atoms with van der Waals surface area (Å²) in [6, 6.07) is 9.00. The van der Waals surface area contributed by atoms with Crippen LogP contribution in [0.5, 0.6) is 0 Å². The van der Waals surface area contributed by atoms with Crippen molar-refractivity contribution in [3.63, 3.8) is 0 Å². The fraction of sp³-hybridized carbons (Fsp3) is 0.450. The van der Waals surface area contributed by atoms with Crippen LogP contribution in [0.4, 0.5) is 11.6 Å². The highest BCUT2D eigenvalue weighted by Crippen LogP contribution is 2.20. The number of anilines is 2. The van der Waals surface area contributed by atoms with Crippen molar-refractivity contribution in [2.24, 2.45) is 0 Å². The van der Waals surface area contributed by atoms with Gasteiger partial charge in [0.05, 0.1) is 12.2 Å². The number of hydrogen-bond acceptors (Lipinski definition) is 6. The Kier molecular flexibility index (Phi) is 6.17. The van der Waals surface area contributed by atoms with Gasteiger partial charge >= 0.3 is 5.97 Å². The van der Waals surface area contributed by atoms with Gasteiger partial charge in [0.25, 0.3) is 0 Å². The number of hydrogen-bond donors (Lipinski definition) is 1. The van der Waals surface area contributed by atoms with Crippen molar-refractivity contribution in [2.75, 3.05) is 18.5 Å². The fourth-order valence-corrected chi connectivity index (χ4v) is 3.16. The molecule has 1 aliphatic rings. The maximum Gasteiger partial charge on any atom is 0.341 e. The van der Waals surface area contributed by atoms with E-state index in [0.717, 1.165) is 12.2 Å².